The molecule has 0 amide bonds. The van der Waals surface area contributed by atoms with E-state index in [1.165, 1.54) is 18.8 Å². The number of hydrogen-bond donors (Lipinski definition) is 0. The van der Waals surface area contributed by atoms with Gasteiger partial charge in [0.15, 0.2) is 17.3 Å². The van der Waals surface area contributed by atoms with Gasteiger partial charge in [-0.15, -0.1) is 0 Å². The molecule has 9 heteroatoms. The van der Waals surface area contributed by atoms with Gasteiger partial charge in [0.1, 0.15) is 0 Å². The summed E-state index contributed by atoms with van der Waals surface area (Å²) in [6.45, 7) is 0.508. The van der Waals surface area contributed by atoms with Gasteiger partial charge in [0.2, 0.25) is 0 Å². The zero-order valence-electron chi connectivity index (χ0n) is 17.8. The molecule has 1 aliphatic heterocycles. The van der Waals surface area contributed by atoms with Gasteiger partial charge < -0.3 is 14.2 Å². The Morgan fingerprint density at radius 3 is 2.53 bits per heavy atom. The SMILES string of the molecule is COc1cc2c(=O)n(CC3CCCO3)c(=O)n(CC(=O)c3cccc(Br)c3)c2cc1OC. The molecule has 168 valence electrons. The number of halogens is 1. The van der Waals surface area contributed by atoms with Crippen LogP contribution in [0, 0.1) is 0 Å². The van der Waals surface area contributed by atoms with Crippen LogP contribution < -0.4 is 20.7 Å². The van der Waals surface area contributed by atoms with E-state index in [0.29, 0.717) is 29.2 Å². The average Bonchev–Trinajstić information content (AvgIpc) is 3.31. The second-order valence-corrected chi connectivity index (χ2v) is 8.49. The summed E-state index contributed by atoms with van der Waals surface area (Å²) >= 11 is 3.36. The Labute approximate surface area is 192 Å². The van der Waals surface area contributed by atoms with Crippen LogP contribution in [-0.4, -0.2) is 41.8 Å². The Bertz CT molecular complexity index is 1290. The molecule has 32 heavy (non-hydrogen) atoms. The van der Waals surface area contributed by atoms with Crippen LogP contribution in [0.1, 0.15) is 23.2 Å². The summed E-state index contributed by atoms with van der Waals surface area (Å²) in [5, 5.41) is 0.266. The number of fused-ring (bicyclic) bond motifs is 1. The molecule has 4 rings (SSSR count). The molecule has 1 saturated heterocycles. The first-order valence-electron chi connectivity index (χ1n) is 10.2. The van der Waals surface area contributed by atoms with Crippen LogP contribution in [0.2, 0.25) is 0 Å². The van der Waals surface area contributed by atoms with Gasteiger partial charge in [0.25, 0.3) is 5.56 Å². The molecule has 3 aromatic rings. The summed E-state index contributed by atoms with van der Waals surface area (Å²) in [4.78, 5) is 39.7. The van der Waals surface area contributed by atoms with E-state index in [1.807, 2.05) is 6.07 Å². The van der Waals surface area contributed by atoms with Crippen LogP contribution in [0.4, 0.5) is 0 Å². The summed E-state index contributed by atoms with van der Waals surface area (Å²) < 4.78 is 19.6. The van der Waals surface area contributed by atoms with E-state index >= 15 is 0 Å². The number of carbonyl (C=O) groups excluding carboxylic acids is 1. The number of rotatable bonds is 7. The van der Waals surface area contributed by atoms with Crippen molar-refractivity contribution >= 4 is 32.6 Å². The molecule has 2 heterocycles. The molecule has 0 N–H and O–H groups in total. The Hall–Kier alpha value is -2.91. The van der Waals surface area contributed by atoms with Crippen molar-refractivity contribution in [1.82, 2.24) is 9.13 Å². The lowest BCUT2D eigenvalue weighted by atomic mass is 10.1. The summed E-state index contributed by atoms with van der Waals surface area (Å²) in [6, 6.07) is 10.1. The average molecular weight is 503 g/mol. The molecule has 0 aliphatic carbocycles. The zero-order valence-corrected chi connectivity index (χ0v) is 19.4. The minimum Gasteiger partial charge on any atom is -0.493 e. The van der Waals surface area contributed by atoms with E-state index in [-0.39, 0.29) is 30.4 Å². The fraction of sp³-hybridized carbons (Fsp3) is 0.348. The van der Waals surface area contributed by atoms with Gasteiger partial charge in [-0.2, -0.15) is 0 Å². The van der Waals surface area contributed by atoms with Crippen molar-refractivity contribution in [3.63, 3.8) is 0 Å². The van der Waals surface area contributed by atoms with Gasteiger partial charge in [0.05, 0.1) is 44.3 Å². The molecule has 2 aromatic carbocycles. The smallest absolute Gasteiger partial charge is 0.331 e. The Morgan fingerprint density at radius 1 is 1.12 bits per heavy atom. The minimum absolute atomic E-state index is 0.132. The predicted octanol–water partition coefficient (Wildman–Crippen LogP) is 3.00. The number of nitrogens with zero attached hydrogens (tertiary/aromatic N) is 2. The van der Waals surface area contributed by atoms with E-state index in [9.17, 15) is 14.4 Å². The maximum atomic E-state index is 13.4. The van der Waals surface area contributed by atoms with E-state index in [0.717, 1.165) is 21.9 Å². The molecule has 1 aromatic heterocycles. The number of methoxy groups -OCH3 is 2. The first-order valence-corrected chi connectivity index (χ1v) is 11.0. The quantitative estimate of drug-likeness (QED) is 0.461. The van der Waals surface area contributed by atoms with Gasteiger partial charge in [-0.25, -0.2) is 4.79 Å². The molecule has 0 bridgehead atoms. The zero-order chi connectivity index (χ0) is 22.8. The highest BCUT2D eigenvalue weighted by atomic mass is 79.9. The van der Waals surface area contributed by atoms with Crippen LogP contribution in [0.5, 0.6) is 11.5 Å². The molecular formula is C23H23BrN2O6. The summed E-state index contributed by atoms with van der Waals surface area (Å²) in [5.74, 6) is 0.468. The van der Waals surface area contributed by atoms with E-state index in [4.69, 9.17) is 14.2 Å². The lowest BCUT2D eigenvalue weighted by Gasteiger charge is -2.17. The van der Waals surface area contributed by atoms with Crippen molar-refractivity contribution in [1.29, 1.82) is 0 Å². The first kappa shape index (κ1) is 22.3. The number of ketones is 1. The normalized spacial score (nSPS) is 15.8. The highest BCUT2D eigenvalue weighted by Crippen LogP contribution is 2.30. The third-order valence-corrected chi connectivity index (χ3v) is 6.08. The number of benzene rings is 2. The number of hydrogen-bond acceptors (Lipinski definition) is 6. The predicted molar refractivity (Wildman–Crippen MR) is 123 cm³/mol. The standard InChI is InChI=1S/C23H23BrN2O6/c1-30-20-10-17-18(11-21(20)31-2)25(13-19(27)14-5-3-6-15(24)9-14)23(29)26(22(17)28)12-16-7-4-8-32-16/h3,5-6,9-11,16H,4,7-8,12-13H2,1-2H3. The van der Waals surface area contributed by atoms with Crippen LogP contribution in [-0.2, 0) is 17.8 Å². The fourth-order valence-corrected chi connectivity index (χ4v) is 4.35. The maximum Gasteiger partial charge on any atom is 0.331 e. The fourth-order valence-electron chi connectivity index (χ4n) is 3.95. The lowest BCUT2D eigenvalue weighted by molar-refractivity contribution is 0.0939. The Morgan fingerprint density at radius 2 is 1.88 bits per heavy atom. The topological polar surface area (TPSA) is 88.8 Å². The van der Waals surface area contributed by atoms with Crippen LogP contribution in [0.25, 0.3) is 10.9 Å². The molecule has 1 atom stereocenters. The lowest BCUT2D eigenvalue weighted by Crippen LogP contribution is -2.43. The second kappa shape index (κ2) is 9.30. The highest BCUT2D eigenvalue weighted by molar-refractivity contribution is 9.10. The van der Waals surface area contributed by atoms with Crippen LogP contribution in [0.3, 0.4) is 0 Å². The van der Waals surface area contributed by atoms with Gasteiger partial charge in [0, 0.05) is 22.7 Å². The minimum atomic E-state index is -0.562. The molecule has 0 spiro atoms. The van der Waals surface area contributed by atoms with Crippen LogP contribution in [0.15, 0.2) is 50.5 Å². The highest BCUT2D eigenvalue weighted by Gasteiger charge is 2.23. The molecule has 1 fully saturated rings. The largest absolute Gasteiger partial charge is 0.493 e. The molecule has 8 nitrogen and oxygen atoms in total. The van der Waals surface area contributed by atoms with Gasteiger partial charge >= 0.3 is 5.69 Å². The third-order valence-electron chi connectivity index (χ3n) is 5.59. The molecule has 1 unspecified atom stereocenters. The summed E-state index contributed by atoms with van der Waals surface area (Å²) in [5.41, 5.74) is -0.248. The monoisotopic (exact) mass is 502 g/mol. The van der Waals surface area contributed by atoms with Crippen LogP contribution >= 0.6 is 15.9 Å². The number of carbonyl (C=O) groups is 1. The van der Waals surface area contributed by atoms with Gasteiger partial charge in [-0.3, -0.25) is 18.7 Å². The van der Waals surface area contributed by atoms with Crippen molar-refractivity contribution in [3.05, 3.63) is 67.3 Å². The second-order valence-electron chi connectivity index (χ2n) is 7.58. The summed E-state index contributed by atoms with van der Waals surface area (Å²) in [6.07, 6.45) is 1.44. The molecule has 0 saturated carbocycles. The molecule has 0 radical (unpaired) electrons. The van der Waals surface area contributed by atoms with E-state index in [1.54, 1.807) is 30.3 Å². The van der Waals surface area contributed by atoms with Crippen molar-refractivity contribution in [2.75, 3.05) is 20.8 Å². The van der Waals surface area contributed by atoms with Gasteiger partial charge in [-0.05, 0) is 31.0 Å². The third kappa shape index (κ3) is 4.22. The first-order chi connectivity index (χ1) is 15.4. The molecule has 1 aliphatic rings. The van der Waals surface area contributed by atoms with Crippen molar-refractivity contribution in [2.45, 2.75) is 32.0 Å². The summed E-state index contributed by atoms with van der Waals surface area (Å²) in [7, 11) is 2.94. The van der Waals surface area contributed by atoms with E-state index < -0.39 is 11.2 Å². The van der Waals surface area contributed by atoms with Crippen molar-refractivity contribution < 1.29 is 19.0 Å². The number of ether oxygens (including phenoxy) is 3. The van der Waals surface area contributed by atoms with Crippen molar-refractivity contribution in [3.8, 4) is 11.5 Å². The van der Waals surface area contributed by atoms with Crippen molar-refractivity contribution in [2.24, 2.45) is 0 Å². The van der Waals surface area contributed by atoms with Gasteiger partial charge in [-0.1, -0.05) is 28.1 Å². The Balaban J connectivity index is 1.90. The maximum absolute atomic E-state index is 13.4. The number of Topliss-reactive ketones (excluding diaryl/α,β-unsaturated/α-hetero) is 1. The molecular weight excluding hydrogens is 480 g/mol. The Kier molecular flexibility index (Phi) is 6.48. The number of aromatic nitrogens is 2. The van der Waals surface area contributed by atoms with E-state index in [2.05, 4.69) is 15.9 Å².